The van der Waals surface area contributed by atoms with E-state index in [4.69, 9.17) is 0 Å². The molecule has 0 amide bonds. The fourth-order valence-corrected chi connectivity index (χ4v) is 1.01. The summed E-state index contributed by atoms with van der Waals surface area (Å²) in [6.07, 6.45) is 8.52. The first kappa shape index (κ1) is 14.7. The smallest absolute Gasteiger partial charge is 0.0195 e. The van der Waals surface area contributed by atoms with Crippen LogP contribution in [0.25, 0.3) is 0 Å². The first-order valence-electron chi connectivity index (χ1n) is 4.78. The Bertz CT molecular complexity index is 176. The van der Waals surface area contributed by atoms with Gasteiger partial charge in [0.25, 0.3) is 0 Å². The normalized spacial score (nSPS) is 11.8. The van der Waals surface area contributed by atoms with Gasteiger partial charge in [-0.05, 0) is 38.5 Å². The van der Waals surface area contributed by atoms with Crippen LogP contribution in [0.5, 0.6) is 0 Å². The van der Waals surface area contributed by atoms with Crippen LogP contribution < -0.4 is 5.73 Å². The highest BCUT2D eigenvalue weighted by Gasteiger charge is 1.92. The Kier molecular flexibility index (Phi) is 12.6. The maximum Gasteiger partial charge on any atom is -0.0195 e. The molecule has 1 nitrogen and oxygen atoms in total. The molecule has 0 aromatic rings. The molecule has 0 saturated heterocycles. The highest BCUT2D eigenvalue weighted by Crippen LogP contribution is 2.12. The molecule has 0 bridgehead atoms. The predicted octanol–water partition coefficient (Wildman–Crippen LogP) is 3.44. The lowest BCUT2D eigenvalue weighted by Gasteiger charge is -2.01. The van der Waals surface area contributed by atoms with Gasteiger partial charge < -0.3 is 5.73 Å². The van der Waals surface area contributed by atoms with Crippen LogP contribution in [0, 0.1) is 0 Å². The first-order chi connectivity index (χ1) is 6.26. The average molecular weight is 181 g/mol. The zero-order valence-electron chi connectivity index (χ0n) is 9.43. The van der Waals surface area contributed by atoms with E-state index in [1.807, 2.05) is 13.0 Å². The summed E-state index contributed by atoms with van der Waals surface area (Å²) in [6.45, 7) is 10.1. The minimum atomic E-state index is 1.15. The maximum atomic E-state index is 4.50. The van der Waals surface area contributed by atoms with Gasteiger partial charge in [0.05, 0.1) is 0 Å². The molecule has 2 N–H and O–H groups in total. The Hall–Kier alpha value is -0.820. The maximum absolute atomic E-state index is 4.50. The third-order valence-electron chi connectivity index (χ3n) is 1.70. The first-order valence-corrected chi connectivity index (χ1v) is 4.78. The molecule has 0 spiro atoms. The monoisotopic (exact) mass is 181 g/mol. The van der Waals surface area contributed by atoms with Crippen molar-refractivity contribution in [3.05, 3.63) is 36.0 Å². The predicted molar refractivity (Wildman–Crippen MR) is 62.7 cm³/mol. The topological polar surface area (TPSA) is 26.0 Å². The summed E-state index contributed by atoms with van der Waals surface area (Å²) in [5, 5.41) is 0. The second-order valence-electron chi connectivity index (χ2n) is 2.66. The van der Waals surface area contributed by atoms with Crippen LogP contribution in [-0.2, 0) is 0 Å². The van der Waals surface area contributed by atoms with Gasteiger partial charge in [-0.25, -0.2) is 0 Å². The minimum Gasteiger partial charge on any atom is -0.333 e. The fraction of sp³-hybridized carbons (Fsp3) is 0.500. The Morgan fingerprint density at radius 2 is 1.92 bits per heavy atom. The van der Waals surface area contributed by atoms with Crippen LogP contribution in [0.15, 0.2) is 36.0 Å². The summed E-state index contributed by atoms with van der Waals surface area (Å²) in [5.41, 5.74) is 7.20. The van der Waals surface area contributed by atoms with Crippen molar-refractivity contribution in [2.45, 2.75) is 33.6 Å². The van der Waals surface area contributed by atoms with Crippen molar-refractivity contribution in [3.63, 3.8) is 0 Å². The van der Waals surface area contributed by atoms with Crippen molar-refractivity contribution >= 4 is 0 Å². The molecular formula is C12H23N. The number of hydrogen-bond donors (Lipinski definition) is 1. The average Bonchev–Trinajstić information content (AvgIpc) is 2.19. The summed E-state index contributed by atoms with van der Waals surface area (Å²) in [4.78, 5) is 0. The van der Waals surface area contributed by atoms with Crippen LogP contribution >= 0.6 is 0 Å². The lowest BCUT2D eigenvalue weighted by molar-refractivity contribution is 0.917. The van der Waals surface area contributed by atoms with Gasteiger partial charge in [-0.15, -0.1) is 0 Å². The van der Waals surface area contributed by atoms with E-state index in [2.05, 4.69) is 38.3 Å². The number of allylic oxidation sites excluding steroid dienone is 5. The second kappa shape index (κ2) is 11.2. The van der Waals surface area contributed by atoms with Gasteiger partial charge in [0.2, 0.25) is 0 Å². The molecule has 0 radical (unpaired) electrons. The molecule has 13 heavy (non-hydrogen) atoms. The fourth-order valence-electron chi connectivity index (χ4n) is 1.01. The molecule has 1 heteroatoms. The van der Waals surface area contributed by atoms with Gasteiger partial charge in [0.1, 0.15) is 0 Å². The largest absolute Gasteiger partial charge is 0.333 e. The molecule has 0 aliphatic carbocycles. The third kappa shape index (κ3) is 7.54. The minimum absolute atomic E-state index is 1.15. The Balaban J connectivity index is 0. The molecule has 0 rings (SSSR count). The number of hydrogen-bond acceptors (Lipinski definition) is 1. The van der Waals surface area contributed by atoms with Crippen molar-refractivity contribution in [1.82, 2.24) is 0 Å². The van der Waals surface area contributed by atoms with Crippen molar-refractivity contribution < 1.29 is 0 Å². The molecule has 0 aromatic carbocycles. The van der Waals surface area contributed by atoms with E-state index in [0.29, 0.717) is 0 Å². The van der Waals surface area contributed by atoms with Crippen molar-refractivity contribution in [2.24, 2.45) is 5.73 Å². The molecule has 0 aliphatic rings. The lowest BCUT2D eigenvalue weighted by Crippen LogP contribution is -1.81. The molecule has 0 aromatic heterocycles. The molecule has 0 aliphatic heterocycles. The number of nitrogens with two attached hydrogens (primary N) is 1. The molecule has 0 atom stereocenters. The third-order valence-corrected chi connectivity index (χ3v) is 1.70. The van der Waals surface area contributed by atoms with Crippen LogP contribution in [-0.4, -0.2) is 7.05 Å². The summed E-state index contributed by atoms with van der Waals surface area (Å²) in [7, 11) is 1.50. The van der Waals surface area contributed by atoms with Gasteiger partial charge in [-0.2, -0.15) is 0 Å². The van der Waals surface area contributed by atoms with Crippen molar-refractivity contribution in [3.8, 4) is 0 Å². The van der Waals surface area contributed by atoms with Crippen molar-refractivity contribution in [2.75, 3.05) is 7.05 Å². The Morgan fingerprint density at radius 1 is 1.38 bits per heavy atom. The lowest BCUT2D eigenvalue weighted by atomic mass is 10.0. The zero-order chi connectivity index (χ0) is 10.7. The van der Waals surface area contributed by atoms with Gasteiger partial charge in [0.15, 0.2) is 0 Å². The van der Waals surface area contributed by atoms with Crippen LogP contribution in [0.2, 0.25) is 0 Å². The van der Waals surface area contributed by atoms with Crippen molar-refractivity contribution in [1.29, 1.82) is 0 Å². The van der Waals surface area contributed by atoms with E-state index >= 15 is 0 Å². The van der Waals surface area contributed by atoms with Gasteiger partial charge in [-0.3, -0.25) is 0 Å². The van der Waals surface area contributed by atoms with E-state index in [-0.39, 0.29) is 0 Å². The summed E-state index contributed by atoms with van der Waals surface area (Å²) >= 11 is 0. The Labute approximate surface area is 83.0 Å². The van der Waals surface area contributed by atoms with E-state index in [1.165, 1.54) is 24.6 Å². The zero-order valence-corrected chi connectivity index (χ0v) is 9.43. The molecule has 0 saturated carbocycles. The quantitative estimate of drug-likeness (QED) is 0.661. The summed E-state index contributed by atoms with van der Waals surface area (Å²) in [5.74, 6) is 0. The van der Waals surface area contributed by atoms with Crippen LogP contribution in [0.3, 0.4) is 0 Å². The van der Waals surface area contributed by atoms with E-state index < -0.39 is 0 Å². The van der Waals surface area contributed by atoms with Crippen LogP contribution in [0.1, 0.15) is 33.6 Å². The van der Waals surface area contributed by atoms with E-state index in [1.54, 1.807) is 0 Å². The van der Waals surface area contributed by atoms with E-state index in [0.717, 1.165) is 6.42 Å². The molecule has 0 heterocycles. The Morgan fingerprint density at radius 3 is 2.23 bits per heavy atom. The molecular weight excluding hydrogens is 158 g/mol. The van der Waals surface area contributed by atoms with Crippen LogP contribution in [0.4, 0.5) is 0 Å². The highest BCUT2D eigenvalue weighted by molar-refractivity contribution is 5.30. The molecule has 0 unspecified atom stereocenters. The number of rotatable bonds is 4. The molecule has 0 fully saturated rings. The molecule has 76 valence electrons. The summed E-state index contributed by atoms with van der Waals surface area (Å²) in [6, 6.07) is 0. The van der Waals surface area contributed by atoms with Gasteiger partial charge >= 0.3 is 0 Å². The summed E-state index contributed by atoms with van der Waals surface area (Å²) < 4.78 is 0. The SMILES string of the molecule is C=C/C(C)=C(\C=C/C)CCC.CN. The standard InChI is InChI=1S/C11H18.CH5N/c1-5-8-11(9-6-2)10(4)7-3;1-2/h5,7-8H,3,6,9H2,1-2,4H3;2H2,1H3/b8-5-,11-10+;. The van der Waals surface area contributed by atoms with Gasteiger partial charge in [-0.1, -0.05) is 38.2 Å². The highest BCUT2D eigenvalue weighted by atomic mass is 14.4. The van der Waals surface area contributed by atoms with Gasteiger partial charge in [0, 0.05) is 0 Å². The van der Waals surface area contributed by atoms with E-state index in [9.17, 15) is 0 Å². The second-order valence-corrected chi connectivity index (χ2v) is 2.66.